The maximum Gasteiger partial charge on any atom is 0.254 e. The van der Waals surface area contributed by atoms with Crippen LogP contribution < -0.4 is 15.4 Å². The van der Waals surface area contributed by atoms with E-state index in [1.807, 2.05) is 6.08 Å². The van der Waals surface area contributed by atoms with E-state index in [1.54, 1.807) is 20.4 Å². The Kier molecular flexibility index (Phi) is 3.06. The first-order valence-corrected chi connectivity index (χ1v) is 6.37. The lowest BCUT2D eigenvalue weighted by Crippen LogP contribution is -2.24. The number of anilines is 1. The van der Waals surface area contributed by atoms with Crippen molar-refractivity contribution in [2.45, 2.75) is 12.8 Å². The Morgan fingerprint density at radius 2 is 2.35 bits per heavy atom. The number of ether oxygens (including phenoxy) is 2. The summed E-state index contributed by atoms with van der Waals surface area (Å²) in [5, 5.41) is 5.84. The van der Waals surface area contributed by atoms with Gasteiger partial charge in [0, 0.05) is 19.7 Å². The molecule has 1 aliphatic heterocycles. The molecule has 3 rings (SSSR count). The van der Waals surface area contributed by atoms with E-state index >= 15 is 0 Å². The van der Waals surface area contributed by atoms with Crippen molar-refractivity contribution >= 4 is 11.6 Å². The number of allylic oxidation sites excluding steroid dienone is 2. The normalized spacial score (nSPS) is 16.2. The van der Waals surface area contributed by atoms with Gasteiger partial charge in [0.15, 0.2) is 5.75 Å². The predicted octanol–water partition coefficient (Wildman–Crippen LogP) is 1.78. The van der Waals surface area contributed by atoms with Gasteiger partial charge in [0.05, 0.1) is 24.6 Å². The van der Waals surface area contributed by atoms with E-state index in [9.17, 15) is 4.79 Å². The summed E-state index contributed by atoms with van der Waals surface area (Å²) in [6.07, 6.45) is 6.77. The van der Waals surface area contributed by atoms with Crippen LogP contribution in [-0.2, 0) is 4.74 Å². The van der Waals surface area contributed by atoms with Gasteiger partial charge in [0.2, 0.25) is 0 Å². The molecule has 20 heavy (non-hydrogen) atoms. The van der Waals surface area contributed by atoms with Crippen molar-refractivity contribution in [3.8, 4) is 5.75 Å². The zero-order valence-corrected chi connectivity index (χ0v) is 11.3. The summed E-state index contributed by atoms with van der Waals surface area (Å²) in [6, 6.07) is 0. The molecule has 1 amide bonds. The van der Waals surface area contributed by atoms with Crippen molar-refractivity contribution in [2.75, 3.05) is 19.5 Å². The van der Waals surface area contributed by atoms with E-state index in [0.717, 1.165) is 30.1 Å². The minimum Gasteiger partial charge on any atom is -0.495 e. The highest BCUT2D eigenvalue weighted by Gasteiger charge is 2.28. The minimum absolute atomic E-state index is 0.215. The Bertz CT molecular complexity index is 635. The molecule has 2 aliphatic rings. The number of pyridine rings is 1. The number of fused-ring (bicyclic) bond motifs is 1. The SMILES string of the molecule is CNC(=O)c1cncc2c1NC1=C(CCC=C1OC)O2. The molecule has 6 nitrogen and oxygen atoms in total. The number of carbonyl (C=O) groups is 1. The lowest BCUT2D eigenvalue weighted by molar-refractivity contribution is 0.0963. The number of amides is 1. The molecule has 0 aromatic carbocycles. The smallest absolute Gasteiger partial charge is 0.254 e. The largest absolute Gasteiger partial charge is 0.495 e. The maximum absolute atomic E-state index is 11.9. The van der Waals surface area contributed by atoms with Gasteiger partial charge in [0.25, 0.3) is 5.91 Å². The number of rotatable bonds is 2. The lowest BCUT2D eigenvalue weighted by Gasteiger charge is -2.28. The van der Waals surface area contributed by atoms with Gasteiger partial charge >= 0.3 is 0 Å². The number of hydrogen-bond acceptors (Lipinski definition) is 5. The third kappa shape index (κ3) is 1.89. The van der Waals surface area contributed by atoms with E-state index in [4.69, 9.17) is 9.47 Å². The molecular formula is C14H15N3O3. The molecule has 0 atom stereocenters. The van der Waals surface area contributed by atoms with Crippen LogP contribution in [0.4, 0.5) is 5.69 Å². The third-order valence-corrected chi connectivity index (χ3v) is 3.31. The lowest BCUT2D eigenvalue weighted by atomic mass is 10.1. The topological polar surface area (TPSA) is 72.5 Å². The third-order valence-electron chi connectivity index (χ3n) is 3.31. The molecule has 0 saturated carbocycles. The van der Waals surface area contributed by atoms with Crippen molar-refractivity contribution in [2.24, 2.45) is 0 Å². The van der Waals surface area contributed by atoms with E-state index in [0.29, 0.717) is 17.0 Å². The highest BCUT2D eigenvalue weighted by Crippen LogP contribution is 2.39. The summed E-state index contributed by atoms with van der Waals surface area (Å²) in [5.41, 5.74) is 1.84. The number of nitrogens with zero attached hydrogens (tertiary/aromatic N) is 1. The Balaban J connectivity index is 2.04. The summed E-state index contributed by atoms with van der Waals surface area (Å²) in [5.74, 6) is 1.89. The number of nitrogens with one attached hydrogen (secondary N) is 2. The number of hydrogen-bond donors (Lipinski definition) is 2. The Hall–Kier alpha value is -2.50. The van der Waals surface area contributed by atoms with Gasteiger partial charge < -0.3 is 20.1 Å². The first kappa shape index (κ1) is 12.5. The quantitative estimate of drug-likeness (QED) is 0.859. The highest BCUT2D eigenvalue weighted by atomic mass is 16.5. The number of carbonyl (C=O) groups excluding carboxylic acids is 1. The molecule has 1 aliphatic carbocycles. The van der Waals surface area contributed by atoms with Gasteiger partial charge in [-0.25, -0.2) is 0 Å². The van der Waals surface area contributed by atoms with Crippen molar-refractivity contribution in [3.05, 3.63) is 41.2 Å². The van der Waals surface area contributed by atoms with Crippen LogP contribution >= 0.6 is 0 Å². The molecule has 2 heterocycles. The van der Waals surface area contributed by atoms with E-state index in [1.165, 1.54) is 6.20 Å². The van der Waals surface area contributed by atoms with Crippen LogP contribution in [0.15, 0.2) is 35.7 Å². The van der Waals surface area contributed by atoms with Crippen molar-refractivity contribution in [1.82, 2.24) is 10.3 Å². The fraction of sp³-hybridized carbons (Fsp3) is 0.286. The van der Waals surface area contributed by atoms with Gasteiger partial charge in [-0.3, -0.25) is 9.78 Å². The van der Waals surface area contributed by atoms with Crippen molar-refractivity contribution < 1.29 is 14.3 Å². The summed E-state index contributed by atoms with van der Waals surface area (Å²) in [4.78, 5) is 15.9. The Morgan fingerprint density at radius 1 is 1.50 bits per heavy atom. The molecule has 2 N–H and O–H groups in total. The molecule has 0 bridgehead atoms. The van der Waals surface area contributed by atoms with Crippen molar-refractivity contribution in [1.29, 1.82) is 0 Å². The molecule has 0 radical (unpaired) electrons. The fourth-order valence-electron chi connectivity index (χ4n) is 2.33. The molecule has 0 fully saturated rings. The van der Waals surface area contributed by atoms with Crippen LogP contribution in [0.3, 0.4) is 0 Å². The first-order chi connectivity index (χ1) is 9.74. The standard InChI is InChI=1S/C14H15N3O3/c1-15-14(18)8-6-16-7-11-12(8)17-13-9(19-2)4-3-5-10(13)20-11/h4,6-7,17H,3,5H2,1-2H3,(H,15,18). The second-order valence-electron chi connectivity index (χ2n) is 4.48. The summed E-state index contributed by atoms with van der Waals surface area (Å²) < 4.78 is 11.2. The number of aromatic nitrogens is 1. The van der Waals surface area contributed by atoms with Crippen LogP contribution in [-0.4, -0.2) is 25.0 Å². The Morgan fingerprint density at radius 3 is 3.10 bits per heavy atom. The van der Waals surface area contributed by atoms with Crippen molar-refractivity contribution in [3.63, 3.8) is 0 Å². The first-order valence-electron chi connectivity index (χ1n) is 6.37. The fourth-order valence-corrected chi connectivity index (χ4v) is 2.33. The molecule has 1 aromatic heterocycles. The van der Waals surface area contributed by atoms with Gasteiger partial charge in [-0.05, 0) is 12.5 Å². The monoisotopic (exact) mass is 273 g/mol. The molecule has 0 saturated heterocycles. The highest BCUT2D eigenvalue weighted by molar-refractivity contribution is 6.01. The predicted molar refractivity (Wildman–Crippen MR) is 73.2 cm³/mol. The molecule has 104 valence electrons. The van der Waals surface area contributed by atoms with Crippen LogP contribution in [0.5, 0.6) is 5.75 Å². The zero-order chi connectivity index (χ0) is 14.1. The summed E-state index contributed by atoms with van der Waals surface area (Å²) in [6.45, 7) is 0. The number of methoxy groups -OCH3 is 1. The van der Waals surface area contributed by atoms with Gasteiger partial charge in [-0.1, -0.05) is 0 Å². The Labute approximate surface area is 116 Å². The van der Waals surface area contributed by atoms with Crippen LogP contribution in [0.2, 0.25) is 0 Å². The van der Waals surface area contributed by atoms with E-state index in [-0.39, 0.29) is 5.91 Å². The van der Waals surface area contributed by atoms with Crippen LogP contribution in [0.25, 0.3) is 0 Å². The van der Waals surface area contributed by atoms with Gasteiger partial charge in [0.1, 0.15) is 17.2 Å². The van der Waals surface area contributed by atoms with E-state index < -0.39 is 0 Å². The summed E-state index contributed by atoms with van der Waals surface area (Å²) in [7, 11) is 3.20. The minimum atomic E-state index is -0.215. The van der Waals surface area contributed by atoms with Crippen LogP contribution in [0.1, 0.15) is 23.2 Å². The maximum atomic E-state index is 11.9. The molecule has 0 unspecified atom stereocenters. The zero-order valence-electron chi connectivity index (χ0n) is 11.3. The molecule has 1 aromatic rings. The second-order valence-corrected chi connectivity index (χ2v) is 4.48. The van der Waals surface area contributed by atoms with Crippen LogP contribution in [0, 0.1) is 0 Å². The summed E-state index contributed by atoms with van der Waals surface area (Å²) >= 11 is 0. The average Bonchev–Trinajstić information content (AvgIpc) is 2.50. The molecule has 0 spiro atoms. The molecule has 6 heteroatoms. The molecular weight excluding hydrogens is 258 g/mol. The van der Waals surface area contributed by atoms with E-state index in [2.05, 4.69) is 15.6 Å². The van der Waals surface area contributed by atoms with Gasteiger partial charge in [-0.2, -0.15) is 0 Å². The second kappa shape index (κ2) is 4.88. The van der Waals surface area contributed by atoms with Gasteiger partial charge in [-0.15, -0.1) is 0 Å². The average molecular weight is 273 g/mol.